The largest absolute Gasteiger partial charge is 0.497 e. The van der Waals surface area contributed by atoms with E-state index < -0.39 is 0 Å². The summed E-state index contributed by atoms with van der Waals surface area (Å²) in [4.78, 5) is 18.0. The minimum atomic E-state index is -0.296. The number of hydrogen-bond donors (Lipinski definition) is 0. The van der Waals surface area contributed by atoms with Gasteiger partial charge in [0, 0.05) is 3.57 Å². The van der Waals surface area contributed by atoms with Gasteiger partial charge in [-0.15, -0.1) is 0 Å². The van der Waals surface area contributed by atoms with Crippen LogP contribution in [0.1, 0.15) is 11.4 Å². The molecule has 0 amide bonds. The lowest BCUT2D eigenvalue weighted by molar-refractivity contribution is 0.414. The predicted octanol–water partition coefficient (Wildman–Crippen LogP) is 5.31. The molecule has 0 bridgehead atoms. The maximum absolute atomic E-state index is 13.3. The second-order valence-electron chi connectivity index (χ2n) is 6.35. The van der Waals surface area contributed by atoms with E-state index >= 15 is 0 Å². The van der Waals surface area contributed by atoms with Gasteiger partial charge in [-0.05, 0) is 88.8 Å². The van der Waals surface area contributed by atoms with Crippen molar-refractivity contribution < 1.29 is 9.13 Å². The highest BCUT2D eigenvalue weighted by atomic mass is 127. The Bertz CT molecular complexity index is 1260. The van der Waals surface area contributed by atoms with Crippen LogP contribution in [0.4, 0.5) is 4.39 Å². The van der Waals surface area contributed by atoms with Gasteiger partial charge in [0.25, 0.3) is 5.56 Å². The number of benzene rings is 3. The fourth-order valence-electron chi connectivity index (χ4n) is 3.01. The summed E-state index contributed by atoms with van der Waals surface area (Å²) in [6.45, 7) is 0. The molecule has 0 aliphatic rings. The van der Waals surface area contributed by atoms with E-state index in [1.165, 1.54) is 12.1 Å². The van der Waals surface area contributed by atoms with Crippen molar-refractivity contribution in [2.24, 2.45) is 0 Å². The van der Waals surface area contributed by atoms with Crippen molar-refractivity contribution in [2.75, 3.05) is 7.11 Å². The van der Waals surface area contributed by atoms with Crippen molar-refractivity contribution in [1.29, 1.82) is 0 Å². The first kappa shape index (κ1) is 19.3. The van der Waals surface area contributed by atoms with Crippen LogP contribution in [-0.2, 0) is 0 Å². The SMILES string of the molecule is COc1ccc(-n2c(C=Cc3ccc(F)cc3)nc3ccc(I)cc3c2=O)cc1. The molecule has 3 aromatic carbocycles. The Morgan fingerprint density at radius 1 is 1.00 bits per heavy atom. The molecule has 0 aliphatic carbocycles. The molecular formula is C23H16FIN2O2. The van der Waals surface area contributed by atoms with Crippen LogP contribution >= 0.6 is 22.6 Å². The highest BCUT2D eigenvalue weighted by Crippen LogP contribution is 2.19. The van der Waals surface area contributed by atoms with E-state index in [0.29, 0.717) is 28.2 Å². The standard InChI is InChI=1S/C23H16FIN2O2/c1-29-19-10-8-18(9-11-19)27-22(13-4-15-2-5-16(24)6-3-15)26-21-12-7-17(25)14-20(21)23(27)28/h2-14H,1H3. The van der Waals surface area contributed by atoms with Crippen LogP contribution in [0, 0.1) is 9.39 Å². The number of hydrogen-bond acceptors (Lipinski definition) is 3. The summed E-state index contributed by atoms with van der Waals surface area (Å²) in [6.07, 6.45) is 3.57. The van der Waals surface area contributed by atoms with Gasteiger partial charge in [-0.3, -0.25) is 9.36 Å². The van der Waals surface area contributed by atoms with Crippen LogP contribution < -0.4 is 10.3 Å². The van der Waals surface area contributed by atoms with Crippen molar-refractivity contribution in [2.45, 2.75) is 0 Å². The fourth-order valence-corrected chi connectivity index (χ4v) is 3.50. The van der Waals surface area contributed by atoms with E-state index in [2.05, 4.69) is 22.6 Å². The van der Waals surface area contributed by atoms with Crippen molar-refractivity contribution >= 4 is 45.6 Å². The normalized spacial score (nSPS) is 11.3. The van der Waals surface area contributed by atoms with E-state index in [4.69, 9.17) is 9.72 Å². The van der Waals surface area contributed by atoms with Gasteiger partial charge < -0.3 is 4.74 Å². The molecule has 4 nitrogen and oxygen atoms in total. The van der Waals surface area contributed by atoms with Gasteiger partial charge in [0.05, 0.1) is 23.7 Å². The van der Waals surface area contributed by atoms with E-state index in [9.17, 15) is 9.18 Å². The third kappa shape index (κ3) is 4.07. The topological polar surface area (TPSA) is 44.1 Å². The van der Waals surface area contributed by atoms with Gasteiger partial charge >= 0.3 is 0 Å². The van der Waals surface area contributed by atoms with E-state index in [1.54, 1.807) is 48.1 Å². The monoisotopic (exact) mass is 498 g/mol. The molecule has 0 unspecified atom stereocenters. The van der Waals surface area contributed by atoms with Crippen LogP contribution in [0.15, 0.2) is 71.5 Å². The molecule has 4 aromatic rings. The quantitative estimate of drug-likeness (QED) is 0.359. The molecule has 29 heavy (non-hydrogen) atoms. The molecule has 0 aliphatic heterocycles. The zero-order valence-corrected chi connectivity index (χ0v) is 17.6. The Hall–Kier alpha value is -3.00. The number of halogens is 2. The highest BCUT2D eigenvalue weighted by molar-refractivity contribution is 14.1. The first-order valence-electron chi connectivity index (χ1n) is 8.85. The predicted molar refractivity (Wildman–Crippen MR) is 122 cm³/mol. The molecule has 0 saturated carbocycles. The average molecular weight is 498 g/mol. The van der Waals surface area contributed by atoms with Crippen molar-refractivity contribution in [3.05, 3.63) is 97.9 Å². The smallest absolute Gasteiger partial charge is 0.266 e. The maximum atomic E-state index is 13.3. The van der Waals surface area contributed by atoms with Gasteiger partial charge in [-0.1, -0.05) is 18.2 Å². The molecule has 6 heteroatoms. The van der Waals surface area contributed by atoms with Gasteiger partial charge in [0.2, 0.25) is 0 Å². The number of rotatable bonds is 4. The summed E-state index contributed by atoms with van der Waals surface area (Å²) in [5, 5.41) is 0.548. The lowest BCUT2D eigenvalue weighted by atomic mass is 10.2. The highest BCUT2D eigenvalue weighted by Gasteiger charge is 2.12. The Kier molecular flexibility index (Phi) is 5.44. The molecule has 0 fully saturated rings. The summed E-state index contributed by atoms with van der Waals surface area (Å²) >= 11 is 2.18. The van der Waals surface area contributed by atoms with Crippen molar-refractivity contribution in [3.8, 4) is 11.4 Å². The molecule has 144 valence electrons. The molecule has 1 aromatic heterocycles. The van der Waals surface area contributed by atoms with E-state index in [0.717, 1.165) is 9.13 Å². The van der Waals surface area contributed by atoms with Crippen LogP contribution in [0.25, 0.3) is 28.7 Å². The van der Waals surface area contributed by atoms with Crippen molar-refractivity contribution in [3.63, 3.8) is 0 Å². The average Bonchev–Trinajstić information content (AvgIpc) is 2.74. The number of ether oxygens (including phenoxy) is 1. The molecule has 0 atom stereocenters. The Morgan fingerprint density at radius 3 is 2.41 bits per heavy atom. The molecule has 0 saturated heterocycles. The Balaban J connectivity index is 1.91. The number of aromatic nitrogens is 2. The molecule has 0 N–H and O–H groups in total. The van der Waals surface area contributed by atoms with Gasteiger partial charge in [-0.2, -0.15) is 0 Å². The Labute approximate surface area is 180 Å². The zero-order chi connectivity index (χ0) is 20.4. The van der Waals surface area contributed by atoms with E-state index in [1.807, 2.05) is 30.3 Å². The fraction of sp³-hybridized carbons (Fsp3) is 0.0435. The number of nitrogens with zero attached hydrogens (tertiary/aromatic N) is 2. The lowest BCUT2D eigenvalue weighted by Gasteiger charge is -2.12. The Morgan fingerprint density at radius 2 is 1.72 bits per heavy atom. The molecular weight excluding hydrogens is 482 g/mol. The molecule has 0 radical (unpaired) electrons. The van der Waals surface area contributed by atoms with Gasteiger partial charge in [0.1, 0.15) is 17.4 Å². The summed E-state index contributed by atoms with van der Waals surface area (Å²) in [5.41, 5.74) is 1.96. The third-order valence-corrected chi connectivity index (χ3v) is 5.15. The number of fused-ring (bicyclic) bond motifs is 1. The van der Waals surface area contributed by atoms with Crippen LogP contribution in [-0.4, -0.2) is 16.7 Å². The van der Waals surface area contributed by atoms with Crippen LogP contribution in [0.5, 0.6) is 5.75 Å². The lowest BCUT2D eigenvalue weighted by Crippen LogP contribution is -2.22. The summed E-state index contributed by atoms with van der Waals surface area (Å²) in [6, 6.07) is 19.0. The van der Waals surface area contributed by atoms with E-state index in [-0.39, 0.29) is 11.4 Å². The van der Waals surface area contributed by atoms with Crippen molar-refractivity contribution in [1.82, 2.24) is 9.55 Å². The summed E-state index contributed by atoms with van der Waals surface area (Å²) < 4.78 is 20.9. The first-order chi connectivity index (χ1) is 14.0. The maximum Gasteiger partial charge on any atom is 0.266 e. The van der Waals surface area contributed by atoms with Crippen LogP contribution in [0.3, 0.4) is 0 Å². The molecule has 4 rings (SSSR count). The zero-order valence-electron chi connectivity index (χ0n) is 15.5. The van der Waals surface area contributed by atoms with Crippen LogP contribution in [0.2, 0.25) is 0 Å². The third-order valence-electron chi connectivity index (χ3n) is 4.48. The summed E-state index contributed by atoms with van der Waals surface area (Å²) in [7, 11) is 1.59. The second-order valence-corrected chi connectivity index (χ2v) is 7.60. The first-order valence-corrected chi connectivity index (χ1v) is 9.93. The minimum Gasteiger partial charge on any atom is -0.497 e. The van der Waals surface area contributed by atoms with Gasteiger partial charge in [0.15, 0.2) is 0 Å². The summed E-state index contributed by atoms with van der Waals surface area (Å²) in [5.74, 6) is 0.891. The second kappa shape index (κ2) is 8.16. The molecule has 1 heterocycles. The van der Waals surface area contributed by atoms with Gasteiger partial charge in [-0.25, -0.2) is 9.37 Å². The number of methoxy groups -OCH3 is 1. The minimum absolute atomic E-state index is 0.155. The molecule has 0 spiro atoms.